The van der Waals surface area contributed by atoms with E-state index in [1.807, 2.05) is 6.92 Å². The highest BCUT2D eigenvalue weighted by molar-refractivity contribution is 5.85. The first-order valence-electron chi connectivity index (χ1n) is 7.43. The minimum Gasteiger partial charge on any atom is -0.349 e. The van der Waals surface area contributed by atoms with Crippen molar-refractivity contribution in [3.8, 4) is 0 Å². The zero-order valence-electron chi connectivity index (χ0n) is 14.3. The van der Waals surface area contributed by atoms with Gasteiger partial charge in [0.05, 0.1) is 12.1 Å². The van der Waals surface area contributed by atoms with E-state index in [2.05, 4.69) is 24.3 Å². The van der Waals surface area contributed by atoms with Crippen LogP contribution in [0.1, 0.15) is 50.7 Å². The summed E-state index contributed by atoms with van der Waals surface area (Å²) in [7, 11) is 0. The van der Waals surface area contributed by atoms with Gasteiger partial charge < -0.3 is 11.1 Å². The molecule has 1 amide bonds. The van der Waals surface area contributed by atoms with Gasteiger partial charge in [-0.15, -0.1) is 12.4 Å². The van der Waals surface area contributed by atoms with Crippen molar-refractivity contribution in [3.63, 3.8) is 0 Å². The van der Waals surface area contributed by atoms with Gasteiger partial charge in [-0.2, -0.15) is 13.9 Å². The summed E-state index contributed by atoms with van der Waals surface area (Å²) in [6.45, 7) is 6.81. The molecule has 8 heteroatoms. The highest BCUT2D eigenvalue weighted by Crippen LogP contribution is 2.20. The van der Waals surface area contributed by atoms with Crippen molar-refractivity contribution in [2.24, 2.45) is 11.7 Å². The predicted molar refractivity (Wildman–Crippen MR) is 89.0 cm³/mol. The van der Waals surface area contributed by atoms with Crippen molar-refractivity contribution in [2.75, 3.05) is 6.54 Å². The molecule has 0 spiro atoms. The number of halogens is 3. The maximum atomic E-state index is 12.8. The van der Waals surface area contributed by atoms with E-state index in [-0.39, 0.29) is 24.7 Å². The van der Waals surface area contributed by atoms with E-state index in [1.54, 1.807) is 13.8 Å². The van der Waals surface area contributed by atoms with Crippen LogP contribution in [-0.4, -0.2) is 27.8 Å². The number of nitrogens with zero attached hydrogens (tertiary/aromatic N) is 2. The minimum atomic E-state index is -2.70. The number of hydrogen-bond donors (Lipinski definition) is 2. The van der Waals surface area contributed by atoms with Gasteiger partial charge in [-0.05, 0) is 33.1 Å². The molecule has 0 saturated heterocycles. The third-order valence-electron chi connectivity index (χ3n) is 3.75. The van der Waals surface area contributed by atoms with Gasteiger partial charge in [-0.25, -0.2) is 4.68 Å². The molecule has 1 heterocycles. The molecular weight excluding hydrogens is 326 g/mol. The molecule has 1 aromatic heterocycles. The van der Waals surface area contributed by atoms with Crippen LogP contribution >= 0.6 is 12.4 Å². The first-order valence-corrected chi connectivity index (χ1v) is 7.43. The number of carbonyl (C=O) groups excluding carboxylic acids is 1. The number of nitrogens with two attached hydrogens (primary N) is 1. The molecule has 0 aliphatic heterocycles. The Balaban J connectivity index is 0.00000484. The maximum Gasteiger partial charge on any atom is 0.333 e. The molecule has 0 saturated carbocycles. The van der Waals surface area contributed by atoms with Crippen LogP contribution in [0.5, 0.6) is 0 Å². The third-order valence-corrected chi connectivity index (χ3v) is 3.75. The Bertz CT molecular complexity index is 534. The summed E-state index contributed by atoms with van der Waals surface area (Å²) in [5.74, 6) is 0.160. The summed E-state index contributed by atoms with van der Waals surface area (Å²) < 4.78 is 26.3. The van der Waals surface area contributed by atoms with Crippen LogP contribution in [0, 0.1) is 19.8 Å². The lowest BCUT2D eigenvalue weighted by molar-refractivity contribution is -0.122. The fourth-order valence-electron chi connectivity index (χ4n) is 2.77. The van der Waals surface area contributed by atoms with E-state index >= 15 is 0 Å². The second-order valence-corrected chi connectivity index (χ2v) is 6.46. The smallest absolute Gasteiger partial charge is 0.333 e. The van der Waals surface area contributed by atoms with Gasteiger partial charge in [-0.1, -0.05) is 13.8 Å². The molecule has 0 aromatic carbocycles. The summed E-state index contributed by atoms with van der Waals surface area (Å²) in [6.07, 6.45) is 0.779. The summed E-state index contributed by atoms with van der Waals surface area (Å²) >= 11 is 0. The van der Waals surface area contributed by atoms with E-state index < -0.39 is 12.1 Å². The molecule has 1 rings (SSSR count). The highest BCUT2D eigenvalue weighted by atomic mass is 35.5. The van der Waals surface area contributed by atoms with Gasteiger partial charge in [0.1, 0.15) is 0 Å². The van der Waals surface area contributed by atoms with Crippen LogP contribution < -0.4 is 11.1 Å². The van der Waals surface area contributed by atoms with E-state index in [0.29, 0.717) is 34.1 Å². The third kappa shape index (κ3) is 5.73. The average molecular weight is 353 g/mol. The summed E-state index contributed by atoms with van der Waals surface area (Å²) in [4.78, 5) is 12.3. The molecule has 3 N–H and O–H groups in total. The Hall–Kier alpha value is -1.21. The number of hydrogen-bond acceptors (Lipinski definition) is 3. The molecule has 0 fully saturated rings. The second-order valence-electron chi connectivity index (χ2n) is 6.46. The number of alkyl halides is 2. The Morgan fingerprint density at radius 1 is 1.39 bits per heavy atom. The number of rotatable bonds is 7. The van der Waals surface area contributed by atoms with E-state index in [9.17, 15) is 13.6 Å². The summed E-state index contributed by atoms with van der Waals surface area (Å²) in [6, 6.07) is 0. The van der Waals surface area contributed by atoms with Crippen LogP contribution in [0.15, 0.2) is 0 Å². The van der Waals surface area contributed by atoms with Gasteiger partial charge in [-0.3, -0.25) is 4.79 Å². The first kappa shape index (κ1) is 21.8. The van der Waals surface area contributed by atoms with Gasteiger partial charge in [0.15, 0.2) is 0 Å². The van der Waals surface area contributed by atoms with E-state index in [0.717, 1.165) is 6.42 Å². The quantitative estimate of drug-likeness (QED) is 0.792. The van der Waals surface area contributed by atoms with E-state index in [4.69, 9.17) is 5.73 Å². The van der Waals surface area contributed by atoms with Crippen LogP contribution in [0.25, 0.3) is 0 Å². The largest absolute Gasteiger partial charge is 0.349 e. The summed E-state index contributed by atoms with van der Waals surface area (Å²) in [5.41, 5.74) is 6.59. The fraction of sp³-hybridized carbons (Fsp3) is 0.733. The predicted octanol–water partition coefficient (Wildman–Crippen LogP) is 2.74. The normalized spacial score (nSPS) is 13.8. The van der Waals surface area contributed by atoms with Gasteiger partial charge in [0, 0.05) is 23.3 Å². The molecule has 5 nitrogen and oxygen atoms in total. The zero-order valence-corrected chi connectivity index (χ0v) is 15.1. The molecule has 1 unspecified atom stereocenters. The Labute approximate surface area is 142 Å². The van der Waals surface area contributed by atoms with Gasteiger partial charge in [0.2, 0.25) is 5.91 Å². The van der Waals surface area contributed by atoms with Gasteiger partial charge in [0.25, 0.3) is 0 Å². The topological polar surface area (TPSA) is 72.9 Å². The van der Waals surface area contributed by atoms with Crippen LogP contribution in [-0.2, 0) is 11.2 Å². The molecule has 0 aliphatic carbocycles. The number of nitrogens with one attached hydrogen (secondary N) is 1. The first-order chi connectivity index (χ1) is 10.1. The zero-order chi connectivity index (χ0) is 17.1. The van der Waals surface area contributed by atoms with E-state index in [1.165, 1.54) is 0 Å². The van der Waals surface area contributed by atoms with Crippen molar-refractivity contribution < 1.29 is 13.6 Å². The van der Waals surface area contributed by atoms with Crippen LogP contribution in [0.4, 0.5) is 8.78 Å². The van der Waals surface area contributed by atoms with Crippen molar-refractivity contribution in [3.05, 3.63) is 17.0 Å². The maximum absolute atomic E-state index is 12.8. The number of aromatic nitrogens is 2. The Morgan fingerprint density at radius 3 is 2.35 bits per heavy atom. The highest BCUT2D eigenvalue weighted by Gasteiger charge is 2.27. The minimum absolute atomic E-state index is 0. The number of aryl methyl sites for hydroxylation is 1. The number of amides is 1. The molecule has 0 aliphatic rings. The summed E-state index contributed by atoms with van der Waals surface area (Å²) in [5, 5.41) is 6.72. The van der Waals surface area contributed by atoms with Crippen LogP contribution in [0.3, 0.4) is 0 Å². The fourth-order valence-corrected chi connectivity index (χ4v) is 2.77. The Kier molecular flexibility index (Phi) is 8.14. The lowest BCUT2D eigenvalue weighted by atomic mass is 9.90. The molecular formula is C15H27ClF2N4O. The molecule has 0 bridgehead atoms. The standard InChI is InChI=1S/C15H26F2N4O.ClH/c1-9(2)7-15(5,8-18)19-13(22)6-12-10(3)20-21(11(12)4)14(16)17;/h9,14H,6-8,18H2,1-5H3,(H,19,22);1H. The number of carbonyl (C=O) groups is 1. The van der Waals surface area contributed by atoms with Gasteiger partial charge >= 0.3 is 6.55 Å². The Morgan fingerprint density at radius 2 is 1.96 bits per heavy atom. The average Bonchev–Trinajstić information content (AvgIpc) is 2.65. The molecule has 0 radical (unpaired) electrons. The SMILES string of the molecule is Cc1nn(C(F)F)c(C)c1CC(=O)NC(C)(CN)CC(C)C.Cl. The molecule has 23 heavy (non-hydrogen) atoms. The molecule has 1 aromatic rings. The molecule has 134 valence electrons. The molecule has 1 atom stereocenters. The lowest BCUT2D eigenvalue weighted by Gasteiger charge is -2.31. The van der Waals surface area contributed by atoms with Crippen molar-refractivity contribution in [1.29, 1.82) is 0 Å². The van der Waals surface area contributed by atoms with Crippen LogP contribution in [0.2, 0.25) is 0 Å². The van der Waals surface area contributed by atoms with Crippen molar-refractivity contribution >= 4 is 18.3 Å². The van der Waals surface area contributed by atoms with Crippen molar-refractivity contribution in [1.82, 2.24) is 15.1 Å². The van der Waals surface area contributed by atoms with Crippen molar-refractivity contribution in [2.45, 2.75) is 59.5 Å². The lowest BCUT2D eigenvalue weighted by Crippen LogP contribution is -2.52. The second kappa shape index (κ2) is 8.59. The monoisotopic (exact) mass is 352 g/mol.